The Labute approximate surface area is 116 Å². The van der Waals surface area contributed by atoms with Crippen LogP contribution in [0.1, 0.15) is 64.5 Å². The van der Waals surface area contributed by atoms with Crippen LogP contribution in [0, 0.1) is 6.92 Å². The van der Waals surface area contributed by atoms with E-state index in [4.69, 9.17) is 0 Å². The SMILES string of the molecule is CC.CCC.Cc1nc2c(C(C)C)cccc2s1. The van der Waals surface area contributed by atoms with Gasteiger partial charge in [0, 0.05) is 0 Å². The lowest BCUT2D eigenvalue weighted by molar-refractivity contribution is 0.873. The Bertz CT molecular complexity index is 443. The van der Waals surface area contributed by atoms with Gasteiger partial charge in [0.25, 0.3) is 0 Å². The van der Waals surface area contributed by atoms with Crippen LogP contribution in [-0.4, -0.2) is 4.98 Å². The van der Waals surface area contributed by atoms with Gasteiger partial charge in [-0.05, 0) is 24.5 Å². The first-order chi connectivity index (χ1) is 8.60. The Morgan fingerprint density at radius 1 is 1.17 bits per heavy atom. The molecule has 2 rings (SSSR count). The molecular formula is C16H27NS. The Hall–Kier alpha value is -0.890. The van der Waals surface area contributed by atoms with Gasteiger partial charge in [0.1, 0.15) is 0 Å². The summed E-state index contributed by atoms with van der Waals surface area (Å²) in [5, 5.41) is 1.16. The first-order valence-electron chi connectivity index (χ1n) is 6.96. The molecule has 2 aromatic rings. The number of fused-ring (bicyclic) bond motifs is 1. The van der Waals surface area contributed by atoms with Gasteiger partial charge in [0.15, 0.2) is 0 Å². The van der Waals surface area contributed by atoms with E-state index in [1.807, 2.05) is 13.8 Å². The summed E-state index contributed by atoms with van der Waals surface area (Å²) in [6.45, 7) is 14.7. The van der Waals surface area contributed by atoms with E-state index in [2.05, 4.69) is 57.8 Å². The monoisotopic (exact) mass is 265 g/mol. The molecule has 1 heterocycles. The van der Waals surface area contributed by atoms with E-state index in [1.165, 1.54) is 22.2 Å². The van der Waals surface area contributed by atoms with Crippen molar-refractivity contribution in [1.29, 1.82) is 0 Å². The van der Waals surface area contributed by atoms with Gasteiger partial charge >= 0.3 is 0 Å². The number of nitrogens with zero attached hydrogens (tertiary/aromatic N) is 1. The lowest BCUT2D eigenvalue weighted by Gasteiger charge is -2.04. The number of para-hydroxylation sites is 1. The average Bonchev–Trinajstić information content (AvgIpc) is 2.72. The van der Waals surface area contributed by atoms with Crippen LogP contribution in [0.5, 0.6) is 0 Å². The second-order valence-corrected chi connectivity index (χ2v) is 5.52. The van der Waals surface area contributed by atoms with Gasteiger partial charge in [-0.25, -0.2) is 4.98 Å². The minimum atomic E-state index is 0.560. The normalized spacial score (nSPS) is 9.56. The lowest BCUT2D eigenvalue weighted by Crippen LogP contribution is -1.88. The molecular weight excluding hydrogens is 238 g/mol. The molecule has 1 aromatic carbocycles. The minimum absolute atomic E-state index is 0.560. The van der Waals surface area contributed by atoms with E-state index >= 15 is 0 Å². The van der Waals surface area contributed by atoms with Crippen LogP contribution in [0.3, 0.4) is 0 Å². The Balaban J connectivity index is 0.000000509. The highest BCUT2D eigenvalue weighted by atomic mass is 32.1. The van der Waals surface area contributed by atoms with E-state index in [0.29, 0.717) is 5.92 Å². The van der Waals surface area contributed by atoms with Crippen molar-refractivity contribution >= 4 is 21.6 Å². The fourth-order valence-electron chi connectivity index (χ4n) is 1.55. The standard InChI is InChI=1S/C11H13NS.C3H8.C2H6/c1-7(2)9-5-4-6-10-11(9)12-8(3)13-10;1-3-2;1-2/h4-7H,1-3H3;3H2,1-2H3;1-2H3. The molecule has 0 saturated carbocycles. The molecule has 0 fully saturated rings. The fourth-order valence-corrected chi connectivity index (χ4v) is 2.41. The van der Waals surface area contributed by atoms with Gasteiger partial charge in [-0.3, -0.25) is 0 Å². The quantitative estimate of drug-likeness (QED) is 0.600. The molecule has 0 aliphatic heterocycles. The van der Waals surface area contributed by atoms with Crippen LogP contribution in [0.15, 0.2) is 18.2 Å². The summed E-state index contributed by atoms with van der Waals surface area (Å²) in [5.74, 6) is 0.560. The molecule has 2 heteroatoms. The molecule has 102 valence electrons. The topological polar surface area (TPSA) is 12.9 Å². The summed E-state index contributed by atoms with van der Waals surface area (Å²) in [6.07, 6.45) is 1.25. The van der Waals surface area contributed by atoms with Gasteiger partial charge in [-0.1, -0.05) is 60.1 Å². The number of benzene rings is 1. The Kier molecular flexibility index (Phi) is 8.65. The summed E-state index contributed by atoms with van der Waals surface area (Å²) >= 11 is 1.77. The van der Waals surface area contributed by atoms with Crippen molar-refractivity contribution < 1.29 is 0 Å². The van der Waals surface area contributed by atoms with Gasteiger partial charge in [0.05, 0.1) is 15.2 Å². The van der Waals surface area contributed by atoms with Crippen molar-refractivity contribution in [3.8, 4) is 0 Å². The van der Waals surface area contributed by atoms with Crippen LogP contribution >= 0.6 is 11.3 Å². The van der Waals surface area contributed by atoms with Crippen molar-refractivity contribution in [2.45, 2.75) is 60.8 Å². The van der Waals surface area contributed by atoms with Gasteiger partial charge in [-0.2, -0.15) is 0 Å². The molecule has 1 nitrogen and oxygen atoms in total. The molecule has 0 bridgehead atoms. The number of thiazole rings is 1. The highest BCUT2D eigenvalue weighted by Crippen LogP contribution is 2.28. The third-order valence-electron chi connectivity index (χ3n) is 2.18. The lowest BCUT2D eigenvalue weighted by atomic mass is 10.0. The second kappa shape index (κ2) is 9.09. The Morgan fingerprint density at radius 3 is 2.22 bits per heavy atom. The molecule has 1 aromatic heterocycles. The zero-order valence-corrected chi connectivity index (χ0v) is 13.7. The molecule has 0 saturated heterocycles. The van der Waals surface area contributed by atoms with Gasteiger partial charge < -0.3 is 0 Å². The number of rotatable bonds is 1. The predicted octanol–water partition coefficient (Wildman–Crippen LogP) is 6.17. The minimum Gasteiger partial charge on any atom is -0.241 e. The number of aromatic nitrogens is 1. The maximum atomic E-state index is 4.55. The molecule has 0 radical (unpaired) electrons. The highest BCUT2D eigenvalue weighted by molar-refractivity contribution is 7.18. The first-order valence-corrected chi connectivity index (χ1v) is 7.77. The average molecular weight is 265 g/mol. The van der Waals surface area contributed by atoms with E-state index in [-0.39, 0.29) is 0 Å². The maximum absolute atomic E-state index is 4.55. The molecule has 0 N–H and O–H groups in total. The number of aryl methyl sites for hydroxylation is 1. The molecule has 0 aliphatic carbocycles. The van der Waals surface area contributed by atoms with Gasteiger partial charge in [-0.15, -0.1) is 11.3 Å². The highest BCUT2D eigenvalue weighted by Gasteiger charge is 2.07. The van der Waals surface area contributed by atoms with Crippen molar-refractivity contribution in [3.05, 3.63) is 28.8 Å². The largest absolute Gasteiger partial charge is 0.241 e. The van der Waals surface area contributed by atoms with Crippen LogP contribution in [0.25, 0.3) is 10.2 Å². The van der Waals surface area contributed by atoms with Crippen molar-refractivity contribution in [1.82, 2.24) is 4.98 Å². The maximum Gasteiger partial charge on any atom is 0.0907 e. The van der Waals surface area contributed by atoms with Crippen LogP contribution in [-0.2, 0) is 0 Å². The van der Waals surface area contributed by atoms with Crippen molar-refractivity contribution in [2.24, 2.45) is 0 Å². The van der Waals surface area contributed by atoms with Crippen LogP contribution in [0.4, 0.5) is 0 Å². The van der Waals surface area contributed by atoms with Crippen LogP contribution in [0.2, 0.25) is 0 Å². The third-order valence-corrected chi connectivity index (χ3v) is 3.12. The Morgan fingerprint density at radius 2 is 1.72 bits per heavy atom. The summed E-state index contributed by atoms with van der Waals surface area (Å²) in [6, 6.07) is 6.44. The van der Waals surface area contributed by atoms with Crippen molar-refractivity contribution in [3.63, 3.8) is 0 Å². The zero-order valence-electron chi connectivity index (χ0n) is 12.9. The number of hydrogen-bond donors (Lipinski definition) is 0. The molecule has 0 spiro atoms. The summed E-state index contributed by atoms with van der Waals surface area (Å²) in [7, 11) is 0. The predicted molar refractivity (Wildman–Crippen MR) is 85.8 cm³/mol. The van der Waals surface area contributed by atoms with E-state index in [1.54, 1.807) is 11.3 Å². The smallest absolute Gasteiger partial charge is 0.0907 e. The van der Waals surface area contributed by atoms with E-state index in [9.17, 15) is 0 Å². The van der Waals surface area contributed by atoms with Crippen LogP contribution < -0.4 is 0 Å². The molecule has 0 atom stereocenters. The molecule has 18 heavy (non-hydrogen) atoms. The van der Waals surface area contributed by atoms with Gasteiger partial charge in [0.2, 0.25) is 0 Å². The number of hydrogen-bond acceptors (Lipinski definition) is 2. The first kappa shape index (κ1) is 17.1. The van der Waals surface area contributed by atoms with E-state index < -0.39 is 0 Å². The molecule has 0 amide bonds. The summed E-state index contributed by atoms with van der Waals surface area (Å²) in [5.41, 5.74) is 2.56. The molecule has 0 unspecified atom stereocenters. The van der Waals surface area contributed by atoms with Crippen molar-refractivity contribution in [2.75, 3.05) is 0 Å². The zero-order chi connectivity index (χ0) is 14.1. The molecule has 0 aliphatic rings. The summed E-state index contributed by atoms with van der Waals surface area (Å²) < 4.78 is 1.31. The second-order valence-electron chi connectivity index (χ2n) is 4.29. The summed E-state index contributed by atoms with van der Waals surface area (Å²) in [4.78, 5) is 4.55. The fraction of sp³-hybridized carbons (Fsp3) is 0.562. The van der Waals surface area contributed by atoms with E-state index in [0.717, 1.165) is 5.01 Å². The third kappa shape index (κ3) is 4.77.